The minimum Gasteiger partial charge on any atom is -0.325 e. The van der Waals surface area contributed by atoms with Gasteiger partial charge in [0.15, 0.2) is 0 Å². The van der Waals surface area contributed by atoms with E-state index in [0.29, 0.717) is 16.7 Å². The number of anilines is 2. The van der Waals surface area contributed by atoms with Crippen LogP contribution in [0.5, 0.6) is 0 Å². The Kier molecular flexibility index (Phi) is 5.54. The second-order valence-electron chi connectivity index (χ2n) is 5.44. The Morgan fingerprint density at radius 2 is 1.88 bits per heavy atom. The highest BCUT2D eigenvalue weighted by atomic mass is 79.9. The molecule has 0 amide bonds. The summed E-state index contributed by atoms with van der Waals surface area (Å²) in [6, 6.07) is 10.8. The Labute approximate surface area is 160 Å². The number of fused-ring (bicyclic) bond motifs is 2. The van der Waals surface area contributed by atoms with Crippen molar-refractivity contribution >= 4 is 49.9 Å². The van der Waals surface area contributed by atoms with Gasteiger partial charge in [0, 0.05) is 16.7 Å². The van der Waals surface area contributed by atoms with Crippen molar-refractivity contribution in [1.82, 2.24) is 9.97 Å². The zero-order valence-electron chi connectivity index (χ0n) is 14.1. The Bertz CT molecular complexity index is 917. The predicted octanol–water partition coefficient (Wildman–Crippen LogP) is 6.30. The smallest absolute Gasteiger partial charge is 0.224 e. The van der Waals surface area contributed by atoms with Crippen molar-refractivity contribution in [3.8, 4) is 0 Å². The van der Waals surface area contributed by atoms with Gasteiger partial charge in [-0.15, -0.1) is 0 Å². The molecular weight excluding hydrogens is 405 g/mol. The Balaban J connectivity index is 0.000000880. The van der Waals surface area contributed by atoms with Crippen LogP contribution in [0.2, 0.25) is 5.28 Å². The third kappa shape index (κ3) is 3.35. The summed E-state index contributed by atoms with van der Waals surface area (Å²) in [5.41, 5.74) is 2.75. The summed E-state index contributed by atoms with van der Waals surface area (Å²) in [7, 11) is 0. The van der Waals surface area contributed by atoms with E-state index in [9.17, 15) is 4.39 Å². The van der Waals surface area contributed by atoms with Crippen LogP contribution in [0, 0.1) is 5.82 Å². The van der Waals surface area contributed by atoms with Crippen molar-refractivity contribution in [3.05, 3.63) is 57.5 Å². The van der Waals surface area contributed by atoms with Crippen LogP contribution in [0.4, 0.5) is 15.9 Å². The van der Waals surface area contributed by atoms with Crippen LogP contribution in [0.15, 0.2) is 40.9 Å². The second-order valence-corrected chi connectivity index (χ2v) is 6.64. The summed E-state index contributed by atoms with van der Waals surface area (Å²) < 4.78 is 15.5. The highest BCUT2D eigenvalue weighted by Gasteiger charge is 2.24. The maximum absolute atomic E-state index is 14.4. The largest absolute Gasteiger partial charge is 0.325 e. The van der Waals surface area contributed by atoms with Gasteiger partial charge in [-0.2, -0.15) is 4.98 Å². The molecule has 1 aliphatic rings. The molecule has 1 aromatic heterocycles. The molecule has 2 aromatic carbocycles. The number of aromatic nitrogens is 2. The lowest BCUT2D eigenvalue weighted by Gasteiger charge is -2.31. The normalized spacial score (nSPS) is 13.2. The first-order valence-corrected chi connectivity index (χ1v) is 9.49. The highest BCUT2D eigenvalue weighted by molar-refractivity contribution is 9.10. The molecule has 0 saturated carbocycles. The standard InChI is InChI=1S/C17H12BrClFN3.C2H6/c18-11-5-1-8-14-10(11)4-3-9-23(14)16-15-12(20)6-2-7-13(15)21-17(19)22-16;1-2/h1-2,5-8H,3-4,9H2;1-2H3. The second kappa shape index (κ2) is 7.67. The molecule has 1 aliphatic heterocycles. The highest BCUT2D eigenvalue weighted by Crippen LogP contribution is 2.39. The van der Waals surface area contributed by atoms with Crippen LogP contribution in [0.1, 0.15) is 25.8 Å². The fraction of sp³-hybridized carbons (Fsp3) is 0.263. The summed E-state index contributed by atoms with van der Waals surface area (Å²) >= 11 is 9.67. The average molecular weight is 423 g/mol. The summed E-state index contributed by atoms with van der Waals surface area (Å²) in [6.07, 6.45) is 1.94. The number of hydrogen-bond donors (Lipinski definition) is 0. The first kappa shape index (κ1) is 18.1. The summed E-state index contributed by atoms with van der Waals surface area (Å²) in [5.74, 6) is 0.188. The summed E-state index contributed by atoms with van der Waals surface area (Å²) in [6.45, 7) is 4.76. The van der Waals surface area contributed by atoms with Gasteiger partial charge >= 0.3 is 0 Å². The SMILES string of the molecule is CC.Fc1cccc2nc(Cl)nc(N3CCCc4c(Br)cccc43)c12. The summed E-state index contributed by atoms with van der Waals surface area (Å²) in [5, 5.41) is 0.532. The monoisotopic (exact) mass is 421 g/mol. The van der Waals surface area contributed by atoms with E-state index in [1.165, 1.54) is 11.6 Å². The number of halogens is 3. The number of rotatable bonds is 1. The Morgan fingerprint density at radius 3 is 2.68 bits per heavy atom. The van der Waals surface area contributed by atoms with Gasteiger partial charge in [-0.25, -0.2) is 9.37 Å². The lowest BCUT2D eigenvalue weighted by molar-refractivity contribution is 0.638. The van der Waals surface area contributed by atoms with E-state index in [4.69, 9.17) is 11.6 Å². The average Bonchev–Trinajstić information content (AvgIpc) is 2.63. The fourth-order valence-corrected chi connectivity index (χ4v) is 3.82. The first-order chi connectivity index (χ1) is 12.1. The quantitative estimate of drug-likeness (QED) is 0.431. The zero-order chi connectivity index (χ0) is 18.0. The molecule has 0 bridgehead atoms. The number of hydrogen-bond acceptors (Lipinski definition) is 3. The molecule has 3 aromatic rings. The van der Waals surface area contributed by atoms with Crippen LogP contribution in [-0.2, 0) is 6.42 Å². The van der Waals surface area contributed by atoms with Gasteiger partial charge in [0.2, 0.25) is 5.28 Å². The van der Waals surface area contributed by atoms with Crippen LogP contribution in [0.25, 0.3) is 10.9 Å². The van der Waals surface area contributed by atoms with Crippen molar-refractivity contribution in [2.24, 2.45) is 0 Å². The minimum absolute atomic E-state index is 0.125. The molecule has 0 spiro atoms. The Hall–Kier alpha value is -1.72. The predicted molar refractivity (Wildman–Crippen MR) is 105 cm³/mol. The molecule has 0 N–H and O–H groups in total. The van der Waals surface area contributed by atoms with Gasteiger partial charge in [-0.3, -0.25) is 0 Å². The third-order valence-electron chi connectivity index (χ3n) is 4.08. The number of benzene rings is 2. The van der Waals surface area contributed by atoms with Crippen molar-refractivity contribution in [2.45, 2.75) is 26.7 Å². The molecule has 0 fully saturated rings. The van der Waals surface area contributed by atoms with Crippen LogP contribution >= 0.6 is 27.5 Å². The molecule has 0 atom stereocenters. The van der Waals surface area contributed by atoms with Crippen LogP contribution in [-0.4, -0.2) is 16.5 Å². The van der Waals surface area contributed by atoms with E-state index in [1.54, 1.807) is 12.1 Å². The minimum atomic E-state index is -0.337. The van der Waals surface area contributed by atoms with E-state index in [2.05, 4.69) is 25.9 Å². The maximum Gasteiger partial charge on any atom is 0.224 e. The van der Waals surface area contributed by atoms with Crippen LogP contribution < -0.4 is 4.90 Å². The first-order valence-electron chi connectivity index (χ1n) is 8.32. The van der Waals surface area contributed by atoms with Crippen molar-refractivity contribution in [2.75, 3.05) is 11.4 Å². The molecule has 0 saturated heterocycles. The van der Waals surface area contributed by atoms with Crippen molar-refractivity contribution < 1.29 is 4.39 Å². The Morgan fingerprint density at radius 1 is 1.12 bits per heavy atom. The lowest BCUT2D eigenvalue weighted by Crippen LogP contribution is -2.26. The lowest BCUT2D eigenvalue weighted by atomic mass is 10.0. The van der Waals surface area contributed by atoms with Gasteiger partial charge in [-0.1, -0.05) is 41.9 Å². The van der Waals surface area contributed by atoms with Gasteiger partial charge in [-0.05, 0) is 54.3 Å². The topological polar surface area (TPSA) is 29.0 Å². The maximum atomic E-state index is 14.4. The van der Waals surface area contributed by atoms with Gasteiger partial charge in [0.1, 0.15) is 11.6 Å². The van der Waals surface area contributed by atoms with E-state index in [0.717, 1.165) is 29.5 Å². The number of nitrogens with zero attached hydrogens (tertiary/aromatic N) is 3. The van der Waals surface area contributed by atoms with Gasteiger partial charge < -0.3 is 4.90 Å². The van der Waals surface area contributed by atoms with E-state index >= 15 is 0 Å². The molecule has 0 unspecified atom stereocenters. The molecule has 25 heavy (non-hydrogen) atoms. The summed E-state index contributed by atoms with van der Waals surface area (Å²) in [4.78, 5) is 10.5. The van der Waals surface area contributed by atoms with Gasteiger partial charge in [0.05, 0.1) is 10.9 Å². The molecule has 130 valence electrons. The molecule has 0 radical (unpaired) electrons. The molecule has 0 aliphatic carbocycles. The van der Waals surface area contributed by atoms with E-state index < -0.39 is 0 Å². The molecule has 3 nitrogen and oxygen atoms in total. The molecular formula is C19H18BrClFN3. The van der Waals surface area contributed by atoms with E-state index in [1.807, 2.05) is 36.9 Å². The van der Waals surface area contributed by atoms with Crippen molar-refractivity contribution in [3.63, 3.8) is 0 Å². The third-order valence-corrected chi connectivity index (χ3v) is 4.99. The molecule has 6 heteroatoms. The van der Waals surface area contributed by atoms with Gasteiger partial charge in [0.25, 0.3) is 0 Å². The van der Waals surface area contributed by atoms with Crippen molar-refractivity contribution in [1.29, 1.82) is 0 Å². The fourth-order valence-electron chi connectivity index (χ4n) is 3.09. The molecule has 2 heterocycles. The van der Waals surface area contributed by atoms with E-state index in [-0.39, 0.29) is 11.1 Å². The zero-order valence-corrected chi connectivity index (χ0v) is 16.4. The van der Waals surface area contributed by atoms with Crippen LogP contribution in [0.3, 0.4) is 0 Å². The molecule has 4 rings (SSSR count).